The summed E-state index contributed by atoms with van der Waals surface area (Å²) in [5, 5.41) is 0. The van der Waals surface area contributed by atoms with Gasteiger partial charge >= 0.3 is 0 Å². The molecule has 1 fully saturated rings. The lowest BCUT2D eigenvalue weighted by molar-refractivity contribution is 0.0783. The molecule has 0 saturated carbocycles. The zero-order valence-electron chi connectivity index (χ0n) is 11.8. The molecular formula is C15H23N3O. The van der Waals surface area contributed by atoms with Crippen molar-refractivity contribution in [1.82, 2.24) is 9.80 Å². The molecular weight excluding hydrogens is 238 g/mol. The van der Waals surface area contributed by atoms with E-state index < -0.39 is 0 Å². The number of likely N-dealkylation sites (tertiary alicyclic amines) is 1. The van der Waals surface area contributed by atoms with E-state index >= 15 is 0 Å². The van der Waals surface area contributed by atoms with E-state index in [-0.39, 0.29) is 5.91 Å². The van der Waals surface area contributed by atoms with Crippen LogP contribution in [0, 0.1) is 0 Å². The minimum absolute atomic E-state index is 0.142. The Morgan fingerprint density at radius 2 is 2.26 bits per heavy atom. The number of carbonyl (C=O) groups is 1. The minimum atomic E-state index is 0.142. The first-order chi connectivity index (χ1) is 9.11. The number of rotatable bonds is 4. The lowest BCUT2D eigenvalue weighted by Gasteiger charge is -2.20. The summed E-state index contributed by atoms with van der Waals surface area (Å²) in [5.74, 6) is 0.142. The first kappa shape index (κ1) is 14.0. The lowest BCUT2D eigenvalue weighted by atomic mass is 10.1. The van der Waals surface area contributed by atoms with Crippen LogP contribution in [0.4, 0.5) is 0 Å². The quantitative estimate of drug-likeness (QED) is 0.878. The fraction of sp³-hybridized carbons (Fsp3) is 0.533. The molecule has 0 aliphatic carbocycles. The smallest absolute Gasteiger partial charge is 0.253 e. The summed E-state index contributed by atoms with van der Waals surface area (Å²) in [6.07, 6.45) is 1.88. The Hall–Kier alpha value is -1.39. The van der Waals surface area contributed by atoms with Crippen LogP contribution in [0.1, 0.15) is 22.3 Å². The van der Waals surface area contributed by atoms with Gasteiger partial charge in [-0.2, -0.15) is 0 Å². The molecule has 1 aromatic rings. The van der Waals surface area contributed by atoms with Crippen LogP contribution in [0.2, 0.25) is 0 Å². The third-order valence-corrected chi connectivity index (χ3v) is 3.79. The zero-order chi connectivity index (χ0) is 13.8. The zero-order valence-corrected chi connectivity index (χ0v) is 11.8. The van der Waals surface area contributed by atoms with Crippen LogP contribution < -0.4 is 5.73 Å². The first-order valence-corrected chi connectivity index (χ1v) is 6.86. The highest BCUT2D eigenvalue weighted by Crippen LogP contribution is 2.17. The Balaban J connectivity index is 2.06. The molecule has 19 heavy (non-hydrogen) atoms. The Morgan fingerprint density at radius 1 is 1.47 bits per heavy atom. The third-order valence-electron chi connectivity index (χ3n) is 3.79. The lowest BCUT2D eigenvalue weighted by Crippen LogP contribution is -2.34. The van der Waals surface area contributed by atoms with Crippen LogP contribution in [-0.4, -0.2) is 55.5 Å². The maximum atomic E-state index is 12.4. The van der Waals surface area contributed by atoms with Gasteiger partial charge in [0.25, 0.3) is 5.91 Å². The summed E-state index contributed by atoms with van der Waals surface area (Å²) in [5.41, 5.74) is 7.48. The molecule has 1 heterocycles. The normalized spacial score (nSPS) is 19.2. The topological polar surface area (TPSA) is 49.6 Å². The van der Waals surface area contributed by atoms with Crippen molar-refractivity contribution in [3.8, 4) is 0 Å². The molecule has 1 unspecified atom stereocenters. The molecule has 0 spiro atoms. The number of benzene rings is 1. The van der Waals surface area contributed by atoms with Crippen molar-refractivity contribution in [2.45, 2.75) is 18.9 Å². The van der Waals surface area contributed by atoms with Crippen molar-refractivity contribution in [3.05, 3.63) is 35.4 Å². The minimum Gasteiger partial charge on any atom is -0.337 e. The average Bonchev–Trinajstić information content (AvgIpc) is 2.88. The Labute approximate surface area is 115 Å². The number of hydrogen-bond donors (Lipinski definition) is 1. The molecule has 1 atom stereocenters. The Bertz CT molecular complexity index is 445. The van der Waals surface area contributed by atoms with Crippen molar-refractivity contribution in [2.75, 3.05) is 33.7 Å². The second kappa shape index (κ2) is 6.17. The molecule has 1 aliphatic heterocycles. The summed E-state index contributed by atoms with van der Waals surface area (Å²) in [4.78, 5) is 16.6. The van der Waals surface area contributed by atoms with Gasteiger partial charge in [-0.25, -0.2) is 0 Å². The van der Waals surface area contributed by atoms with Crippen molar-refractivity contribution in [2.24, 2.45) is 5.73 Å². The predicted octanol–water partition coefficient (Wildman–Crippen LogP) is 0.964. The molecule has 0 radical (unpaired) electrons. The van der Waals surface area contributed by atoms with Gasteiger partial charge in [-0.05, 0) is 51.2 Å². The van der Waals surface area contributed by atoms with E-state index in [1.54, 1.807) is 0 Å². The standard InChI is InChI=1S/C15H23N3O/c1-17(2)14-7-9-18(11-14)15(19)13-5-3-4-12(10-13)6-8-16/h3-5,10,14H,6-9,11,16H2,1-2H3. The van der Waals surface area contributed by atoms with Gasteiger partial charge in [0.05, 0.1) is 0 Å². The fourth-order valence-electron chi connectivity index (χ4n) is 2.56. The van der Waals surface area contributed by atoms with Gasteiger partial charge in [-0.15, -0.1) is 0 Å². The maximum absolute atomic E-state index is 12.4. The molecule has 2 N–H and O–H groups in total. The van der Waals surface area contributed by atoms with Crippen LogP contribution >= 0.6 is 0 Å². The molecule has 2 rings (SSSR count). The molecule has 0 bridgehead atoms. The Kier molecular flexibility index (Phi) is 4.56. The van der Waals surface area contributed by atoms with Crippen molar-refractivity contribution in [1.29, 1.82) is 0 Å². The summed E-state index contributed by atoms with van der Waals surface area (Å²) in [7, 11) is 4.14. The maximum Gasteiger partial charge on any atom is 0.253 e. The molecule has 1 amide bonds. The second-order valence-electron chi connectivity index (χ2n) is 5.40. The van der Waals surface area contributed by atoms with E-state index in [4.69, 9.17) is 5.73 Å². The molecule has 4 nitrogen and oxygen atoms in total. The number of hydrogen-bond acceptors (Lipinski definition) is 3. The van der Waals surface area contributed by atoms with Gasteiger partial charge < -0.3 is 15.5 Å². The van der Waals surface area contributed by atoms with Crippen molar-refractivity contribution < 1.29 is 4.79 Å². The molecule has 1 saturated heterocycles. The van der Waals surface area contributed by atoms with Crippen LogP contribution in [0.3, 0.4) is 0 Å². The van der Waals surface area contributed by atoms with E-state index in [0.29, 0.717) is 12.6 Å². The number of nitrogens with two attached hydrogens (primary N) is 1. The molecule has 104 valence electrons. The SMILES string of the molecule is CN(C)C1CCN(C(=O)c2cccc(CCN)c2)C1. The second-order valence-corrected chi connectivity index (χ2v) is 5.40. The van der Waals surface area contributed by atoms with E-state index in [9.17, 15) is 4.79 Å². The monoisotopic (exact) mass is 261 g/mol. The summed E-state index contributed by atoms with van der Waals surface area (Å²) in [6, 6.07) is 8.31. The molecule has 0 aromatic heterocycles. The fourth-order valence-corrected chi connectivity index (χ4v) is 2.56. The van der Waals surface area contributed by atoms with Gasteiger partial charge in [-0.3, -0.25) is 4.79 Å². The van der Waals surface area contributed by atoms with Crippen molar-refractivity contribution >= 4 is 5.91 Å². The van der Waals surface area contributed by atoms with E-state index in [1.807, 2.05) is 29.2 Å². The summed E-state index contributed by atoms with van der Waals surface area (Å²) in [6.45, 7) is 2.29. The van der Waals surface area contributed by atoms with Gasteiger partial charge in [0.2, 0.25) is 0 Å². The molecule has 1 aromatic carbocycles. The average molecular weight is 261 g/mol. The van der Waals surface area contributed by atoms with E-state index in [2.05, 4.69) is 19.0 Å². The van der Waals surface area contributed by atoms with Crippen LogP contribution in [0.25, 0.3) is 0 Å². The van der Waals surface area contributed by atoms with Crippen molar-refractivity contribution in [3.63, 3.8) is 0 Å². The molecule has 4 heteroatoms. The largest absolute Gasteiger partial charge is 0.337 e. The number of likely N-dealkylation sites (N-methyl/N-ethyl adjacent to an activating group) is 1. The van der Waals surface area contributed by atoms with Gasteiger partial charge in [0.1, 0.15) is 0 Å². The number of carbonyl (C=O) groups excluding carboxylic acids is 1. The van der Waals surface area contributed by atoms with Gasteiger partial charge in [0, 0.05) is 24.7 Å². The Morgan fingerprint density at radius 3 is 2.89 bits per heavy atom. The summed E-state index contributed by atoms with van der Waals surface area (Å²) >= 11 is 0. The third kappa shape index (κ3) is 3.33. The molecule has 1 aliphatic rings. The van der Waals surface area contributed by atoms with Crippen LogP contribution in [0.5, 0.6) is 0 Å². The summed E-state index contributed by atoms with van der Waals surface area (Å²) < 4.78 is 0. The highest BCUT2D eigenvalue weighted by atomic mass is 16.2. The highest BCUT2D eigenvalue weighted by molar-refractivity contribution is 5.94. The van der Waals surface area contributed by atoms with Gasteiger partial charge in [-0.1, -0.05) is 12.1 Å². The number of amides is 1. The van der Waals surface area contributed by atoms with Crippen LogP contribution in [0.15, 0.2) is 24.3 Å². The highest BCUT2D eigenvalue weighted by Gasteiger charge is 2.27. The predicted molar refractivity (Wildman–Crippen MR) is 77.2 cm³/mol. The van der Waals surface area contributed by atoms with Crippen LogP contribution in [-0.2, 0) is 6.42 Å². The first-order valence-electron chi connectivity index (χ1n) is 6.86. The number of nitrogens with zero attached hydrogens (tertiary/aromatic N) is 2. The van der Waals surface area contributed by atoms with Gasteiger partial charge in [0.15, 0.2) is 0 Å². The van der Waals surface area contributed by atoms with E-state index in [0.717, 1.165) is 37.1 Å². The van der Waals surface area contributed by atoms with E-state index in [1.165, 1.54) is 0 Å².